The van der Waals surface area contributed by atoms with Gasteiger partial charge in [0.05, 0.1) is 6.42 Å². The fourth-order valence-electron chi connectivity index (χ4n) is 2.02. The molecule has 0 saturated heterocycles. The number of thiol groups is 1. The molecule has 1 amide bonds. The molecule has 0 heterocycles. The van der Waals surface area contributed by atoms with E-state index in [0.29, 0.717) is 17.8 Å². The van der Waals surface area contributed by atoms with Crippen molar-refractivity contribution in [3.8, 4) is 0 Å². The fraction of sp³-hybridized carbons (Fsp3) is 0.500. The lowest BCUT2D eigenvalue weighted by molar-refractivity contribution is -0.120. The number of amides is 1. The Morgan fingerprint density at radius 2 is 2.00 bits per heavy atom. The Morgan fingerprint density at radius 1 is 1.41 bits per heavy atom. The van der Waals surface area contributed by atoms with Gasteiger partial charge in [0.2, 0.25) is 5.91 Å². The standard InChI is InChI=1S/C14H19NOS/c1-14(2)8-11(14)9-15-13(16)7-10-3-5-12(17)6-4-10/h3-6,11,17H,7-9H2,1-2H3,(H,15,16). The lowest BCUT2D eigenvalue weighted by atomic mass is 10.1. The number of rotatable bonds is 4. The minimum absolute atomic E-state index is 0.111. The van der Waals surface area contributed by atoms with Crippen LogP contribution in [0.4, 0.5) is 0 Å². The summed E-state index contributed by atoms with van der Waals surface area (Å²) in [6.45, 7) is 5.31. The third kappa shape index (κ3) is 3.50. The predicted octanol–water partition coefficient (Wildman–Crippen LogP) is 2.68. The van der Waals surface area contributed by atoms with Crippen LogP contribution in [0.15, 0.2) is 29.2 Å². The van der Waals surface area contributed by atoms with Crippen molar-refractivity contribution in [1.29, 1.82) is 0 Å². The van der Waals surface area contributed by atoms with Crippen LogP contribution in [-0.4, -0.2) is 12.5 Å². The highest BCUT2D eigenvalue weighted by Gasteiger charge is 2.45. The molecule has 3 heteroatoms. The van der Waals surface area contributed by atoms with Crippen LogP contribution in [0.3, 0.4) is 0 Å². The van der Waals surface area contributed by atoms with Crippen molar-refractivity contribution in [2.45, 2.75) is 31.6 Å². The normalized spacial score (nSPS) is 21.0. The van der Waals surface area contributed by atoms with E-state index in [4.69, 9.17) is 0 Å². The molecule has 2 rings (SSSR count). The zero-order chi connectivity index (χ0) is 12.5. The van der Waals surface area contributed by atoms with E-state index in [0.717, 1.165) is 17.0 Å². The summed E-state index contributed by atoms with van der Waals surface area (Å²) in [6, 6.07) is 7.72. The van der Waals surface area contributed by atoms with E-state index >= 15 is 0 Å². The maximum atomic E-state index is 11.7. The Kier molecular flexibility index (Phi) is 3.48. The Bertz CT molecular complexity index is 411. The van der Waals surface area contributed by atoms with E-state index in [2.05, 4.69) is 31.8 Å². The molecule has 1 aliphatic rings. The summed E-state index contributed by atoms with van der Waals surface area (Å²) in [6.07, 6.45) is 1.68. The van der Waals surface area contributed by atoms with Crippen LogP contribution >= 0.6 is 12.6 Å². The van der Waals surface area contributed by atoms with Crippen LogP contribution in [0.25, 0.3) is 0 Å². The van der Waals surface area contributed by atoms with E-state index in [9.17, 15) is 4.79 Å². The van der Waals surface area contributed by atoms with E-state index in [-0.39, 0.29) is 5.91 Å². The summed E-state index contributed by atoms with van der Waals surface area (Å²) in [5, 5.41) is 3.01. The van der Waals surface area contributed by atoms with E-state index in [1.165, 1.54) is 6.42 Å². The summed E-state index contributed by atoms with van der Waals surface area (Å²) in [5.74, 6) is 0.769. The van der Waals surface area contributed by atoms with Gasteiger partial charge in [-0.25, -0.2) is 0 Å². The first kappa shape index (κ1) is 12.5. The molecule has 0 aliphatic heterocycles. The molecule has 1 aliphatic carbocycles. The summed E-state index contributed by atoms with van der Waals surface area (Å²) >= 11 is 4.22. The van der Waals surface area contributed by atoms with Crippen LogP contribution in [0, 0.1) is 11.3 Å². The maximum Gasteiger partial charge on any atom is 0.224 e. The molecule has 1 aromatic rings. The Labute approximate surface area is 108 Å². The van der Waals surface area contributed by atoms with E-state index in [1.54, 1.807) is 0 Å². The zero-order valence-corrected chi connectivity index (χ0v) is 11.3. The SMILES string of the molecule is CC1(C)CC1CNC(=O)Cc1ccc(S)cc1. The number of nitrogens with one attached hydrogen (secondary N) is 1. The first-order valence-electron chi connectivity index (χ1n) is 6.02. The van der Waals surface area contributed by atoms with E-state index < -0.39 is 0 Å². The predicted molar refractivity (Wildman–Crippen MR) is 72.3 cm³/mol. The number of hydrogen-bond acceptors (Lipinski definition) is 2. The molecule has 1 N–H and O–H groups in total. The zero-order valence-electron chi connectivity index (χ0n) is 10.4. The molecule has 0 aromatic heterocycles. The van der Waals surface area contributed by atoms with Crippen LogP contribution in [0.1, 0.15) is 25.8 Å². The molecule has 1 unspecified atom stereocenters. The van der Waals surface area contributed by atoms with Gasteiger partial charge in [-0.1, -0.05) is 26.0 Å². The van der Waals surface area contributed by atoms with Gasteiger partial charge in [0.1, 0.15) is 0 Å². The largest absolute Gasteiger partial charge is 0.356 e. The van der Waals surface area contributed by atoms with Crippen molar-refractivity contribution in [3.05, 3.63) is 29.8 Å². The van der Waals surface area contributed by atoms with Crippen LogP contribution in [0.5, 0.6) is 0 Å². The Hall–Kier alpha value is -0.960. The van der Waals surface area contributed by atoms with Crippen LogP contribution in [0.2, 0.25) is 0 Å². The third-order valence-electron chi connectivity index (χ3n) is 3.56. The van der Waals surface area contributed by atoms with Crippen molar-refractivity contribution in [2.24, 2.45) is 11.3 Å². The van der Waals surface area contributed by atoms with Gasteiger partial charge in [0.15, 0.2) is 0 Å². The van der Waals surface area contributed by atoms with E-state index in [1.807, 2.05) is 24.3 Å². The first-order chi connectivity index (χ1) is 7.97. The quantitative estimate of drug-likeness (QED) is 0.789. The molecule has 0 radical (unpaired) electrons. The highest BCUT2D eigenvalue weighted by molar-refractivity contribution is 7.80. The van der Waals surface area contributed by atoms with Crippen molar-refractivity contribution in [2.75, 3.05) is 6.54 Å². The fourth-order valence-corrected chi connectivity index (χ4v) is 2.17. The van der Waals surface area contributed by atoms with Gasteiger partial charge in [0, 0.05) is 11.4 Å². The van der Waals surface area contributed by atoms with Gasteiger partial charge in [-0.05, 0) is 35.4 Å². The molecular formula is C14H19NOS. The summed E-state index contributed by atoms with van der Waals surface area (Å²) < 4.78 is 0. The number of benzene rings is 1. The second-order valence-electron chi connectivity index (χ2n) is 5.54. The molecular weight excluding hydrogens is 230 g/mol. The average Bonchev–Trinajstić information content (AvgIpc) is 2.87. The average molecular weight is 249 g/mol. The monoisotopic (exact) mass is 249 g/mol. The van der Waals surface area contributed by atoms with Gasteiger partial charge in [-0.3, -0.25) is 4.79 Å². The van der Waals surface area contributed by atoms with Crippen molar-refractivity contribution in [3.63, 3.8) is 0 Å². The third-order valence-corrected chi connectivity index (χ3v) is 3.86. The van der Waals surface area contributed by atoms with Gasteiger partial charge in [-0.15, -0.1) is 12.6 Å². The molecule has 92 valence electrons. The molecule has 1 fully saturated rings. The van der Waals surface area contributed by atoms with Gasteiger partial charge in [-0.2, -0.15) is 0 Å². The topological polar surface area (TPSA) is 29.1 Å². The van der Waals surface area contributed by atoms with Crippen LogP contribution < -0.4 is 5.32 Å². The second-order valence-corrected chi connectivity index (χ2v) is 6.05. The van der Waals surface area contributed by atoms with Crippen LogP contribution in [-0.2, 0) is 11.2 Å². The number of carbonyl (C=O) groups is 1. The second kappa shape index (κ2) is 4.73. The molecule has 2 nitrogen and oxygen atoms in total. The smallest absolute Gasteiger partial charge is 0.224 e. The minimum Gasteiger partial charge on any atom is -0.356 e. The Balaban J connectivity index is 1.76. The van der Waals surface area contributed by atoms with Crippen molar-refractivity contribution < 1.29 is 4.79 Å². The first-order valence-corrected chi connectivity index (χ1v) is 6.47. The van der Waals surface area contributed by atoms with Gasteiger partial charge < -0.3 is 5.32 Å². The molecule has 0 spiro atoms. The molecule has 1 aromatic carbocycles. The number of carbonyl (C=O) groups excluding carboxylic acids is 1. The Morgan fingerprint density at radius 3 is 2.53 bits per heavy atom. The summed E-state index contributed by atoms with van der Waals surface area (Å²) in [5.41, 5.74) is 1.47. The van der Waals surface area contributed by atoms with Gasteiger partial charge >= 0.3 is 0 Å². The minimum atomic E-state index is 0.111. The molecule has 0 bridgehead atoms. The lowest BCUT2D eigenvalue weighted by Crippen LogP contribution is -2.28. The van der Waals surface area contributed by atoms with Gasteiger partial charge in [0.25, 0.3) is 0 Å². The summed E-state index contributed by atoms with van der Waals surface area (Å²) in [4.78, 5) is 12.6. The highest BCUT2D eigenvalue weighted by atomic mass is 32.1. The van der Waals surface area contributed by atoms with Crippen molar-refractivity contribution >= 4 is 18.5 Å². The lowest BCUT2D eigenvalue weighted by Gasteiger charge is -2.06. The number of hydrogen-bond donors (Lipinski definition) is 2. The molecule has 1 atom stereocenters. The maximum absolute atomic E-state index is 11.7. The van der Waals surface area contributed by atoms with Crippen molar-refractivity contribution in [1.82, 2.24) is 5.32 Å². The summed E-state index contributed by atoms with van der Waals surface area (Å²) in [7, 11) is 0. The highest BCUT2D eigenvalue weighted by Crippen LogP contribution is 2.50. The molecule has 1 saturated carbocycles. The molecule has 17 heavy (non-hydrogen) atoms.